The van der Waals surface area contributed by atoms with Gasteiger partial charge in [-0.15, -0.1) is 5.06 Å². The summed E-state index contributed by atoms with van der Waals surface area (Å²) in [4.78, 5) is 22.0. The number of methoxy groups -OCH3 is 1. The van der Waals surface area contributed by atoms with E-state index in [0.29, 0.717) is 19.8 Å². The molecule has 0 bridgehead atoms. The standard InChI is InChI=1S/C33H42N2O8/c1-33(2,3)42-32(37)43-35-20-28(36)31(30(21-35)41-23-26-11-7-8-17-34-26)24-13-15-27(16-14-24)40-19-9-18-39-22-25-10-5-6-12-29(25)38-4/h5-8,10-17,28,30-31,36H,9,18-23H2,1-4H3. The molecule has 3 aromatic rings. The number of hydrogen-bond donors (Lipinski definition) is 1. The quantitative estimate of drug-likeness (QED) is 0.207. The van der Waals surface area contributed by atoms with E-state index < -0.39 is 24.0 Å². The SMILES string of the molecule is COc1ccccc1COCCCOc1ccc(C2C(O)CN(OC(=O)OC(C)(C)C)CC2OCc2ccccn2)cc1. The van der Waals surface area contributed by atoms with Crippen LogP contribution in [0.25, 0.3) is 0 Å². The number of nitrogens with zero attached hydrogens (tertiary/aromatic N) is 2. The molecule has 2 aromatic carbocycles. The van der Waals surface area contributed by atoms with E-state index in [1.165, 1.54) is 5.06 Å². The summed E-state index contributed by atoms with van der Waals surface area (Å²) in [5.74, 6) is 1.17. The predicted molar refractivity (Wildman–Crippen MR) is 160 cm³/mol. The van der Waals surface area contributed by atoms with Crippen molar-refractivity contribution in [2.24, 2.45) is 0 Å². The first kappa shape index (κ1) is 32.2. The van der Waals surface area contributed by atoms with E-state index in [9.17, 15) is 9.90 Å². The van der Waals surface area contributed by atoms with Crippen LogP contribution in [0.3, 0.4) is 0 Å². The topological polar surface area (TPSA) is 109 Å². The number of aliphatic hydroxyl groups excluding tert-OH is 1. The van der Waals surface area contributed by atoms with Gasteiger partial charge in [0.05, 0.1) is 64.5 Å². The molecular weight excluding hydrogens is 552 g/mol. The molecule has 4 rings (SSSR count). The number of carbonyl (C=O) groups excluding carboxylic acids is 1. The van der Waals surface area contributed by atoms with Crippen molar-refractivity contribution in [3.05, 3.63) is 89.7 Å². The van der Waals surface area contributed by atoms with Gasteiger partial charge in [-0.25, -0.2) is 4.79 Å². The van der Waals surface area contributed by atoms with E-state index >= 15 is 0 Å². The van der Waals surface area contributed by atoms with E-state index in [2.05, 4.69) is 4.98 Å². The molecule has 3 atom stereocenters. The molecule has 1 aliphatic rings. The Kier molecular flexibility index (Phi) is 11.7. The van der Waals surface area contributed by atoms with Gasteiger partial charge in [0.15, 0.2) is 0 Å². The molecule has 1 saturated heterocycles. The third-order valence-electron chi connectivity index (χ3n) is 6.77. The molecule has 0 amide bonds. The van der Waals surface area contributed by atoms with Crippen LogP contribution >= 0.6 is 0 Å². The monoisotopic (exact) mass is 594 g/mol. The summed E-state index contributed by atoms with van der Waals surface area (Å²) >= 11 is 0. The van der Waals surface area contributed by atoms with E-state index in [4.69, 9.17) is 28.5 Å². The fourth-order valence-electron chi connectivity index (χ4n) is 4.82. The van der Waals surface area contributed by atoms with Crippen LogP contribution in [-0.4, -0.2) is 72.5 Å². The largest absolute Gasteiger partial charge is 0.528 e. The van der Waals surface area contributed by atoms with Gasteiger partial charge < -0.3 is 33.6 Å². The Hall–Kier alpha value is -3.70. The summed E-state index contributed by atoms with van der Waals surface area (Å²) in [6.45, 7) is 7.44. The third kappa shape index (κ3) is 10.2. The van der Waals surface area contributed by atoms with Gasteiger partial charge in [-0.2, -0.15) is 0 Å². The van der Waals surface area contributed by atoms with Crippen LogP contribution in [0.1, 0.15) is 49.9 Å². The van der Waals surface area contributed by atoms with Crippen LogP contribution in [0.15, 0.2) is 72.9 Å². The molecule has 1 aliphatic heterocycles. The van der Waals surface area contributed by atoms with Crippen molar-refractivity contribution in [1.29, 1.82) is 0 Å². The number of para-hydroxylation sites is 1. The maximum Gasteiger partial charge on any atom is 0.528 e. The number of β-amino-alcohol motifs (C(OH)–C–C–N with tert-alkyl or cyclic N) is 1. The average molecular weight is 595 g/mol. The van der Waals surface area contributed by atoms with Crippen molar-refractivity contribution < 1.29 is 38.4 Å². The summed E-state index contributed by atoms with van der Waals surface area (Å²) in [6, 6.07) is 21.0. The van der Waals surface area contributed by atoms with Crippen molar-refractivity contribution >= 4 is 6.16 Å². The maximum absolute atomic E-state index is 12.3. The molecule has 0 aliphatic carbocycles. The number of aliphatic hydroxyl groups is 1. The summed E-state index contributed by atoms with van der Waals surface area (Å²) < 4.78 is 28.6. The highest BCUT2D eigenvalue weighted by molar-refractivity contribution is 5.60. The molecule has 3 unspecified atom stereocenters. The Morgan fingerprint density at radius 2 is 1.74 bits per heavy atom. The smallest absolute Gasteiger partial charge is 0.496 e. The van der Waals surface area contributed by atoms with Gasteiger partial charge in [-0.05, 0) is 56.7 Å². The zero-order chi connectivity index (χ0) is 30.7. The van der Waals surface area contributed by atoms with E-state index in [1.807, 2.05) is 66.7 Å². The maximum atomic E-state index is 12.3. The number of hydroxylamine groups is 2. The number of carbonyl (C=O) groups is 1. The van der Waals surface area contributed by atoms with Crippen molar-refractivity contribution in [2.75, 3.05) is 33.4 Å². The highest BCUT2D eigenvalue weighted by atomic mass is 16.8. The van der Waals surface area contributed by atoms with Crippen molar-refractivity contribution in [1.82, 2.24) is 10.0 Å². The number of benzene rings is 2. The van der Waals surface area contributed by atoms with Crippen molar-refractivity contribution in [3.63, 3.8) is 0 Å². The van der Waals surface area contributed by atoms with E-state index in [0.717, 1.165) is 34.7 Å². The Morgan fingerprint density at radius 3 is 2.47 bits per heavy atom. The van der Waals surface area contributed by atoms with Crippen molar-refractivity contribution in [2.45, 2.75) is 64.1 Å². The molecule has 0 spiro atoms. The normalized spacial score (nSPS) is 19.0. The number of pyridine rings is 1. The first-order valence-corrected chi connectivity index (χ1v) is 14.5. The second kappa shape index (κ2) is 15.7. The van der Waals surface area contributed by atoms with Gasteiger partial charge in [0, 0.05) is 24.1 Å². The molecule has 1 N–H and O–H groups in total. The molecule has 232 valence electrons. The molecule has 43 heavy (non-hydrogen) atoms. The lowest BCUT2D eigenvalue weighted by Crippen LogP contribution is -2.52. The lowest BCUT2D eigenvalue weighted by Gasteiger charge is -2.40. The summed E-state index contributed by atoms with van der Waals surface area (Å²) in [5.41, 5.74) is 1.96. The molecule has 1 aromatic heterocycles. The van der Waals surface area contributed by atoms with E-state index in [1.54, 1.807) is 34.1 Å². The van der Waals surface area contributed by atoms with Crippen LogP contribution in [0.2, 0.25) is 0 Å². The zero-order valence-corrected chi connectivity index (χ0v) is 25.3. The average Bonchev–Trinajstić information content (AvgIpc) is 2.98. The lowest BCUT2D eigenvalue weighted by atomic mass is 9.85. The molecule has 1 fully saturated rings. The van der Waals surface area contributed by atoms with Crippen LogP contribution < -0.4 is 9.47 Å². The van der Waals surface area contributed by atoms with Crippen LogP contribution in [0.5, 0.6) is 11.5 Å². The van der Waals surface area contributed by atoms with Crippen molar-refractivity contribution in [3.8, 4) is 11.5 Å². The Bertz CT molecular complexity index is 1270. The highest BCUT2D eigenvalue weighted by Crippen LogP contribution is 2.33. The predicted octanol–water partition coefficient (Wildman–Crippen LogP) is 5.29. The molecule has 0 radical (unpaired) electrons. The van der Waals surface area contributed by atoms with Gasteiger partial charge >= 0.3 is 6.16 Å². The van der Waals surface area contributed by atoms with Gasteiger partial charge in [-0.1, -0.05) is 36.4 Å². The second-order valence-corrected chi connectivity index (χ2v) is 11.3. The summed E-state index contributed by atoms with van der Waals surface area (Å²) in [6.07, 6.45) is 0.260. The number of hydrogen-bond acceptors (Lipinski definition) is 10. The van der Waals surface area contributed by atoms with Gasteiger partial charge in [0.1, 0.15) is 17.1 Å². The fraction of sp³-hybridized carbons (Fsp3) is 0.455. The second-order valence-electron chi connectivity index (χ2n) is 11.3. The molecule has 10 heteroatoms. The first-order chi connectivity index (χ1) is 20.7. The lowest BCUT2D eigenvalue weighted by molar-refractivity contribution is -0.201. The minimum atomic E-state index is -0.864. The van der Waals surface area contributed by atoms with Crippen LogP contribution in [0, 0.1) is 0 Å². The first-order valence-electron chi connectivity index (χ1n) is 14.5. The fourth-order valence-corrected chi connectivity index (χ4v) is 4.82. The summed E-state index contributed by atoms with van der Waals surface area (Å²) in [5, 5.41) is 12.6. The van der Waals surface area contributed by atoms with Gasteiger partial charge in [0.25, 0.3) is 0 Å². The van der Waals surface area contributed by atoms with Gasteiger partial charge in [-0.3, -0.25) is 4.98 Å². The molecule has 10 nitrogen and oxygen atoms in total. The van der Waals surface area contributed by atoms with Crippen LogP contribution in [-0.2, 0) is 32.3 Å². The number of aromatic nitrogens is 1. The third-order valence-corrected chi connectivity index (χ3v) is 6.77. The number of rotatable bonds is 13. The number of ether oxygens (including phenoxy) is 5. The molecule has 2 heterocycles. The Balaban J connectivity index is 1.32. The summed E-state index contributed by atoms with van der Waals surface area (Å²) in [7, 11) is 1.65. The Labute approximate surface area is 253 Å². The minimum absolute atomic E-state index is 0.112. The number of piperidine rings is 1. The van der Waals surface area contributed by atoms with Gasteiger partial charge in [0.2, 0.25) is 0 Å². The molecular formula is C33H42N2O8. The van der Waals surface area contributed by atoms with Crippen LogP contribution in [0.4, 0.5) is 4.79 Å². The zero-order valence-electron chi connectivity index (χ0n) is 25.3. The minimum Gasteiger partial charge on any atom is -0.496 e. The van der Waals surface area contributed by atoms with E-state index in [-0.39, 0.29) is 25.6 Å². The Morgan fingerprint density at radius 1 is 0.977 bits per heavy atom. The molecule has 0 saturated carbocycles. The highest BCUT2D eigenvalue weighted by Gasteiger charge is 2.40.